The summed E-state index contributed by atoms with van der Waals surface area (Å²) in [5, 5.41) is 2.73. The van der Waals surface area contributed by atoms with E-state index in [-0.39, 0.29) is 23.5 Å². The molecule has 0 saturated carbocycles. The topological polar surface area (TPSA) is 83.6 Å². The van der Waals surface area contributed by atoms with Crippen LogP contribution in [0.5, 0.6) is 0 Å². The Morgan fingerprint density at radius 3 is 2.14 bits per heavy atom. The van der Waals surface area contributed by atoms with E-state index in [1.807, 2.05) is 13.8 Å². The van der Waals surface area contributed by atoms with Gasteiger partial charge in [0, 0.05) is 19.1 Å². The first kappa shape index (κ1) is 18.9. The van der Waals surface area contributed by atoms with Gasteiger partial charge < -0.3 is 10.2 Å². The first-order valence-corrected chi connectivity index (χ1v) is 9.77. The third-order valence-corrected chi connectivity index (χ3v) is 5.71. The van der Waals surface area contributed by atoms with E-state index >= 15 is 0 Å². The van der Waals surface area contributed by atoms with Crippen molar-refractivity contribution in [2.45, 2.75) is 53.0 Å². The smallest absolute Gasteiger partial charge is 0.237 e. The van der Waals surface area contributed by atoms with E-state index in [0.717, 1.165) is 12.8 Å². The standard InChI is InChI=1S/C15H28N2O4S/c1-5-8-17(9-6-2)14(19)15(3,4)13(18)16-12-7-10-22(20,21)11-12/h12H,5-11H2,1-4H3,(H,16,18). The number of amides is 2. The van der Waals surface area contributed by atoms with Gasteiger partial charge >= 0.3 is 0 Å². The molecule has 0 spiro atoms. The maximum atomic E-state index is 12.6. The molecule has 0 aromatic rings. The average Bonchev–Trinajstić information content (AvgIpc) is 2.76. The molecule has 0 aliphatic carbocycles. The fourth-order valence-corrected chi connectivity index (χ4v) is 4.30. The van der Waals surface area contributed by atoms with Gasteiger partial charge in [0.05, 0.1) is 11.5 Å². The molecule has 0 bridgehead atoms. The molecule has 0 radical (unpaired) electrons. The maximum absolute atomic E-state index is 12.6. The van der Waals surface area contributed by atoms with Crippen molar-refractivity contribution >= 4 is 21.7 Å². The van der Waals surface area contributed by atoms with Gasteiger partial charge in [-0.15, -0.1) is 0 Å². The number of nitrogens with one attached hydrogen (secondary N) is 1. The Kier molecular flexibility index (Phi) is 6.40. The Morgan fingerprint density at radius 1 is 1.18 bits per heavy atom. The fourth-order valence-electron chi connectivity index (χ4n) is 2.62. The highest BCUT2D eigenvalue weighted by molar-refractivity contribution is 7.91. The molecule has 1 aliphatic rings. The van der Waals surface area contributed by atoms with Crippen LogP contribution >= 0.6 is 0 Å². The number of carbonyl (C=O) groups excluding carboxylic acids is 2. The summed E-state index contributed by atoms with van der Waals surface area (Å²) in [4.78, 5) is 26.8. The molecule has 0 aromatic carbocycles. The lowest BCUT2D eigenvalue weighted by atomic mass is 9.89. The third-order valence-electron chi connectivity index (χ3n) is 3.94. The van der Waals surface area contributed by atoms with E-state index in [1.54, 1.807) is 18.7 Å². The Hall–Kier alpha value is -1.11. The molecule has 6 nitrogen and oxygen atoms in total. The molecule has 1 saturated heterocycles. The largest absolute Gasteiger partial charge is 0.351 e. The van der Waals surface area contributed by atoms with Crippen LogP contribution in [0.3, 0.4) is 0 Å². The molecular weight excluding hydrogens is 304 g/mol. The van der Waals surface area contributed by atoms with Crippen molar-refractivity contribution in [1.82, 2.24) is 10.2 Å². The summed E-state index contributed by atoms with van der Waals surface area (Å²) in [7, 11) is -3.05. The lowest BCUT2D eigenvalue weighted by molar-refractivity contribution is -0.148. The fraction of sp³-hybridized carbons (Fsp3) is 0.867. The molecule has 1 unspecified atom stereocenters. The molecule has 1 heterocycles. The highest BCUT2D eigenvalue weighted by Crippen LogP contribution is 2.21. The molecule has 128 valence electrons. The molecular formula is C15H28N2O4S. The van der Waals surface area contributed by atoms with E-state index in [1.165, 1.54) is 0 Å². The number of nitrogens with zero attached hydrogens (tertiary/aromatic N) is 1. The van der Waals surface area contributed by atoms with Crippen molar-refractivity contribution in [2.75, 3.05) is 24.6 Å². The quantitative estimate of drug-likeness (QED) is 0.704. The summed E-state index contributed by atoms with van der Waals surface area (Å²) in [5.41, 5.74) is -1.18. The van der Waals surface area contributed by atoms with Crippen LogP contribution in [0.15, 0.2) is 0 Å². The van der Waals surface area contributed by atoms with Crippen LogP contribution in [0.1, 0.15) is 47.0 Å². The Labute approximate surface area is 133 Å². The monoisotopic (exact) mass is 332 g/mol. The summed E-state index contributed by atoms with van der Waals surface area (Å²) < 4.78 is 22.9. The van der Waals surface area contributed by atoms with Crippen LogP contribution in [0, 0.1) is 5.41 Å². The number of rotatable bonds is 7. The molecule has 2 amide bonds. The van der Waals surface area contributed by atoms with Crippen molar-refractivity contribution < 1.29 is 18.0 Å². The third kappa shape index (κ3) is 4.69. The van der Waals surface area contributed by atoms with Gasteiger partial charge in [-0.1, -0.05) is 13.8 Å². The summed E-state index contributed by atoms with van der Waals surface area (Å²) in [6.07, 6.45) is 2.10. The zero-order valence-corrected chi connectivity index (χ0v) is 14.8. The van der Waals surface area contributed by atoms with Crippen LogP contribution in [-0.4, -0.2) is 55.8 Å². The normalized spacial score (nSPS) is 20.6. The van der Waals surface area contributed by atoms with Crippen molar-refractivity contribution in [3.8, 4) is 0 Å². The predicted molar refractivity (Wildman–Crippen MR) is 86.1 cm³/mol. The second kappa shape index (κ2) is 7.44. The molecule has 1 N–H and O–H groups in total. The SMILES string of the molecule is CCCN(CCC)C(=O)C(C)(C)C(=O)NC1CCS(=O)(=O)C1. The van der Waals surface area contributed by atoms with Crippen LogP contribution in [0.4, 0.5) is 0 Å². The molecule has 0 aromatic heterocycles. The molecule has 7 heteroatoms. The van der Waals surface area contributed by atoms with Gasteiger partial charge in [-0.05, 0) is 33.1 Å². The van der Waals surface area contributed by atoms with E-state index in [9.17, 15) is 18.0 Å². The van der Waals surface area contributed by atoms with Gasteiger partial charge in [0.25, 0.3) is 0 Å². The molecule has 1 rings (SSSR count). The van der Waals surface area contributed by atoms with Gasteiger partial charge in [0.15, 0.2) is 9.84 Å². The van der Waals surface area contributed by atoms with Crippen LogP contribution in [-0.2, 0) is 19.4 Å². The second-order valence-corrected chi connectivity index (χ2v) is 8.72. The van der Waals surface area contributed by atoms with Gasteiger partial charge in [-0.25, -0.2) is 8.42 Å². The van der Waals surface area contributed by atoms with Crippen LogP contribution in [0.2, 0.25) is 0 Å². The zero-order valence-electron chi connectivity index (χ0n) is 14.0. The summed E-state index contributed by atoms with van der Waals surface area (Å²) in [6, 6.07) is -0.379. The number of sulfone groups is 1. The Bertz CT molecular complexity index is 508. The number of carbonyl (C=O) groups is 2. The van der Waals surface area contributed by atoms with E-state index in [4.69, 9.17) is 0 Å². The minimum absolute atomic E-state index is 0.0311. The van der Waals surface area contributed by atoms with Crippen molar-refractivity contribution in [3.05, 3.63) is 0 Å². The molecule has 1 aliphatic heterocycles. The first-order chi connectivity index (χ1) is 10.1. The van der Waals surface area contributed by atoms with Gasteiger partial charge in [0.1, 0.15) is 5.41 Å². The minimum Gasteiger partial charge on any atom is -0.351 e. The van der Waals surface area contributed by atoms with Gasteiger partial charge in [-0.3, -0.25) is 9.59 Å². The maximum Gasteiger partial charge on any atom is 0.237 e. The van der Waals surface area contributed by atoms with E-state index in [2.05, 4.69) is 5.32 Å². The van der Waals surface area contributed by atoms with Crippen molar-refractivity contribution in [3.63, 3.8) is 0 Å². The molecule has 1 atom stereocenters. The Balaban J connectivity index is 2.74. The molecule has 22 heavy (non-hydrogen) atoms. The van der Waals surface area contributed by atoms with Crippen LogP contribution < -0.4 is 5.32 Å². The lowest BCUT2D eigenvalue weighted by Crippen LogP contribution is -2.52. The summed E-state index contributed by atoms with van der Waals surface area (Å²) in [6.45, 7) is 8.44. The zero-order chi connectivity index (χ0) is 17.0. The van der Waals surface area contributed by atoms with Crippen molar-refractivity contribution in [2.24, 2.45) is 5.41 Å². The highest BCUT2D eigenvalue weighted by atomic mass is 32.2. The first-order valence-electron chi connectivity index (χ1n) is 7.94. The summed E-state index contributed by atoms with van der Waals surface area (Å²) in [5.74, 6) is -0.521. The van der Waals surface area contributed by atoms with Crippen LogP contribution in [0.25, 0.3) is 0 Å². The highest BCUT2D eigenvalue weighted by Gasteiger charge is 2.41. The van der Waals surface area contributed by atoms with E-state index in [0.29, 0.717) is 19.5 Å². The second-order valence-electron chi connectivity index (χ2n) is 6.49. The number of hydrogen-bond acceptors (Lipinski definition) is 4. The minimum atomic E-state index is -3.05. The average molecular weight is 332 g/mol. The Morgan fingerprint density at radius 2 is 1.73 bits per heavy atom. The van der Waals surface area contributed by atoms with E-state index < -0.39 is 21.2 Å². The molecule has 1 fully saturated rings. The number of hydrogen-bond donors (Lipinski definition) is 1. The van der Waals surface area contributed by atoms with Gasteiger partial charge in [0.2, 0.25) is 11.8 Å². The summed E-state index contributed by atoms with van der Waals surface area (Å²) >= 11 is 0. The predicted octanol–water partition coefficient (Wildman–Crippen LogP) is 0.965. The van der Waals surface area contributed by atoms with Crippen molar-refractivity contribution in [1.29, 1.82) is 0 Å². The van der Waals surface area contributed by atoms with Gasteiger partial charge in [-0.2, -0.15) is 0 Å². The lowest BCUT2D eigenvalue weighted by Gasteiger charge is -2.31.